The zero-order valence-corrected chi connectivity index (χ0v) is 10.00. The molecule has 1 N–H and O–H groups in total. The standard InChI is InChI=1S/C13H11N3O3/c17-7-9-3-1-2-8-6-11(15-16(8)9)10-4-5-12(18)14-13(10)19/h1-3,6-7,10H,4-5H2,(H,14,18,19). The highest BCUT2D eigenvalue weighted by Gasteiger charge is 2.30. The molecule has 1 aliphatic rings. The van der Waals surface area contributed by atoms with E-state index < -0.39 is 5.92 Å². The average molecular weight is 257 g/mol. The van der Waals surface area contributed by atoms with Crippen molar-refractivity contribution in [3.05, 3.63) is 35.7 Å². The number of aldehydes is 1. The Morgan fingerprint density at radius 1 is 1.37 bits per heavy atom. The van der Waals surface area contributed by atoms with Crippen molar-refractivity contribution in [3.63, 3.8) is 0 Å². The van der Waals surface area contributed by atoms with Gasteiger partial charge in [-0.15, -0.1) is 0 Å². The minimum Gasteiger partial charge on any atom is -0.296 e. The monoisotopic (exact) mass is 257 g/mol. The van der Waals surface area contributed by atoms with Crippen LogP contribution in [0, 0.1) is 0 Å². The summed E-state index contributed by atoms with van der Waals surface area (Å²) in [6.07, 6.45) is 1.48. The minimum atomic E-state index is -0.433. The number of hydrogen-bond donors (Lipinski definition) is 1. The summed E-state index contributed by atoms with van der Waals surface area (Å²) in [4.78, 5) is 33.8. The lowest BCUT2D eigenvalue weighted by molar-refractivity contribution is -0.134. The molecular weight excluding hydrogens is 246 g/mol. The molecule has 0 bridgehead atoms. The summed E-state index contributed by atoms with van der Waals surface area (Å²) >= 11 is 0. The number of pyridine rings is 1. The summed E-state index contributed by atoms with van der Waals surface area (Å²) in [7, 11) is 0. The third-order valence-corrected chi connectivity index (χ3v) is 3.25. The van der Waals surface area contributed by atoms with Crippen LogP contribution < -0.4 is 5.32 Å². The number of rotatable bonds is 2. The molecule has 0 aliphatic carbocycles. The number of nitrogens with one attached hydrogen (secondary N) is 1. The minimum absolute atomic E-state index is 0.251. The second-order valence-electron chi connectivity index (χ2n) is 4.48. The van der Waals surface area contributed by atoms with E-state index in [9.17, 15) is 14.4 Å². The molecule has 0 spiro atoms. The van der Waals surface area contributed by atoms with Gasteiger partial charge in [0.15, 0.2) is 6.29 Å². The van der Waals surface area contributed by atoms with E-state index in [0.717, 1.165) is 5.52 Å². The van der Waals surface area contributed by atoms with Crippen LogP contribution in [0.4, 0.5) is 0 Å². The summed E-state index contributed by atoms with van der Waals surface area (Å²) in [5.41, 5.74) is 1.76. The average Bonchev–Trinajstić information content (AvgIpc) is 2.81. The van der Waals surface area contributed by atoms with Crippen LogP contribution in [0.1, 0.15) is 34.9 Å². The first kappa shape index (κ1) is 11.6. The zero-order valence-electron chi connectivity index (χ0n) is 10.00. The van der Waals surface area contributed by atoms with Crippen LogP contribution in [-0.4, -0.2) is 27.7 Å². The predicted molar refractivity (Wildman–Crippen MR) is 65.7 cm³/mol. The molecule has 1 aliphatic heterocycles. The Bertz CT molecular complexity index is 689. The first-order chi connectivity index (χ1) is 9.19. The maximum absolute atomic E-state index is 11.8. The summed E-state index contributed by atoms with van der Waals surface area (Å²) in [5, 5.41) is 6.60. The number of aromatic nitrogens is 2. The molecule has 1 unspecified atom stereocenters. The summed E-state index contributed by atoms with van der Waals surface area (Å²) in [5.74, 6) is -1.01. The molecule has 6 nitrogen and oxygen atoms in total. The number of carbonyl (C=O) groups excluding carboxylic acids is 3. The second kappa shape index (κ2) is 4.31. The van der Waals surface area contributed by atoms with Crippen molar-refractivity contribution in [2.24, 2.45) is 0 Å². The first-order valence-electron chi connectivity index (χ1n) is 5.96. The SMILES string of the molecule is O=Cc1cccc2cc(C3CCC(=O)NC3=O)nn12. The molecule has 2 aromatic heterocycles. The number of hydrogen-bond acceptors (Lipinski definition) is 4. The van der Waals surface area contributed by atoms with Crippen LogP contribution in [0.3, 0.4) is 0 Å². The molecule has 96 valence electrons. The van der Waals surface area contributed by atoms with E-state index in [1.165, 1.54) is 4.52 Å². The van der Waals surface area contributed by atoms with Crippen molar-refractivity contribution >= 4 is 23.6 Å². The smallest absolute Gasteiger partial charge is 0.235 e. The molecule has 1 atom stereocenters. The van der Waals surface area contributed by atoms with Crippen LogP contribution in [0.2, 0.25) is 0 Å². The Hall–Kier alpha value is -2.50. The molecule has 0 aromatic carbocycles. The van der Waals surface area contributed by atoms with Gasteiger partial charge in [0.05, 0.1) is 17.1 Å². The molecule has 3 rings (SSSR count). The van der Waals surface area contributed by atoms with Crippen LogP contribution in [0.5, 0.6) is 0 Å². The van der Waals surface area contributed by atoms with Gasteiger partial charge in [0.2, 0.25) is 11.8 Å². The number of piperidine rings is 1. The van der Waals surface area contributed by atoms with Gasteiger partial charge in [-0.1, -0.05) is 6.07 Å². The van der Waals surface area contributed by atoms with E-state index in [-0.39, 0.29) is 11.8 Å². The third-order valence-electron chi connectivity index (χ3n) is 3.25. The Labute approximate surface area is 108 Å². The maximum atomic E-state index is 11.8. The van der Waals surface area contributed by atoms with Gasteiger partial charge in [-0.3, -0.25) is 19.7 Å². The van der Waals surface area contributed by atoms with Crippen LogP contribution in [0.25, 0.3) is 5.52 Å². The highest BCUT2D eigenvalue weighted by Crippen LogP contribution is 2.24. The van der Waals surface area contributed by atoms with Crippen LogP contribution in [-0.2, 0) is 9.59 Å². The van der Waals surface area contributed by atoms with Gasteiger partial charge >= 0.3 is 0 Å². The van der Waals surface area contributed by atoms with E-state index in [1.807, 2.05) is 6.07 Å². The van der Waals surface area contributed by atoms with E-state index in [1.54, 1.807) is 18.2 Å². The third kappa shape index (κ3) is 1.91. The van der Waals surface area contributed by atoms with Gasteiger partial charge in [-0.25, -0.2) is 4.52 Å². The second-order valence-corrected chi connectivity index (χ2v) is 4.48. The van der Waals surface area contributed by atoms with Crippen molar-refractivity contribution in [1.29, 1.82) is 0 Å². The molecule has 2 amide bonds. The quantitative estimate of drug-likeness (QED) is 0.633. The Morgan fingerprint density at radius 2 is 2.21 bits per heavy atom. The van der Waals surface area contributed by atoms with Gasteiger partial charge in [0.25, 0.3) is 0 Å². The van der Waals surface area contributed by atoms with Crippen molar-refractivity contribution in [1.82, 2.24) is 14.9 Å². The normalized spacial score (nSPS) is 19.5. The largest absolute Gasteiger partial charge is 0.296 e. The van der Waals surface area contributed by atoms with Crippen molar-refractivity contribution in [2.45, 2.75) is 18.8 Å². The molecular formula is C13H11N3O3. The summed E-state index contributed by atoms with van der Waals surface area (Å²) in [6.45, 7) is 0. The van der Waals surface area contributed by atoms with Gasteiger partial charge in [-0.2, -0.15) is 5.10 Å². The Kier molecular flexibility index (Phi) is 2.63. The van der Waals surface area contributed by atoms with Crippen molar-refractivity contribution in [3.8, 4) is 0 Å². The van der Waals surface area contributed by atoms with Crippen molar-refractivity contribution in [2.75, 3.05) is 0 Å². The number of nitrogens with zero attached hydrogens (tertiary/aromatic N) is 2. The highest BCUT2D eigenvalue weighted by molar-refractivity contribution is 6.00. The van der Waals surface area contributed by atoms with Gasteiger partial charge in [0.1, 0.15) is 5.69 Å². The maximum Gasteiger partial charge on any atom is 0.235 e. The number of carbonyl (C=O) groups is 3. The fraction of sp³-hybridized carbons (Fsp3) is 0.231. The molecule has 0 saturated carbocycles. The lowest BCUT2D eigenvalue weighted by atomic mass is 9.95. The fourth-order valence-corrected chi connectivity index (χ4v) is 2.29. The van der Waals surface area contributed by atoms with Gasteiger partial charge in [0, 0.05) is 6.42 Å². The van der Waals surface area contributed by atoms with E-state index >= 15 is 0 Å². The fourth-order valence-electron chi connectivity index (χ4n) is 2.29. The lowest BCUT2D eigenvalue weighted by Gasteiger charge is -2.18. The lowest BCUT2D eigenvalue weighted by Crippen LogP contribution is -2.39. The Balaban J connectivity index is 2.04. The Morgan fingerprint density at radius 3 is 2.95 bits per heavy atom. The van der Waals surface area contributed by atoms with Gasteiger partial charge in [-0.05, 0) is 24.6 Å². The predicted octanol–water partition coefficient (Wildman–Crippen LogP) is 0.667. The first-order valence-corrected chi connectivity index (χ1v) is 5.96. The molecule has 3 heterocycles. The van der Waals surface area contributed by atoms with E-state index in [4.69, 9.17) is 0 Å². The highest BCUT2D eigenvalue weighted by atomic mass is 16.2. The number of imide groups is 1. The van der Waals surface area contributed by atoms with Gasteiger partial charge < -0.3 is 0 Å². The summed E-state index contributed by atoms with van der Waals surface area (Å²) in [6, 6.07) is 7.00. The molecule has 1 saturated heterocycles. The van der Waals surface area contributed by atoms with Crippen LogP contribution in [0.15, 0.2) is 24.3 Å². The molecule has 0 radical (unpaired) electrons. The molecule has 2 aromatic rings. The van der Waals surface area contributed by atoms with Crippen molar-refractivity contribution < 1.29 is 14.4 Å². The topological polar surface area (TPSA) is 80.5 Å². The van der Waals surface area contributed by atoms with E-state index in [2.05, 4.69) is 10.4 Å². The van der Waals surface area contributed by atoms with E-state index in [0.29, 0.717) is 30.5 Å². The molecule has 1 fully saturated rings. The number of fused-ring (bicyclic) bond motifs is 1. The molecule has 6 heteroatoms. The van der Waals surface area contributed by atoms with Crippen LogP contribution >= 0.6 is 0 Å². The number of amides is 2. The molecule has 19 heavy (non-hydrogen) atoms. The zero-order chi connectivity index (χ0) is 13.4. The summed E-state index contributed by atoms with van der Waals surface area (Å²) < 4.78 is 1.51.